The minimum atomic E-state index is -3.77. The lowest BCUT2D eigenvalue weighted by atomic mass is 10.2. The molecule has 0 aliphatic carbocycles. The first kappa shape index (κ1) is 23.5. The molecular weight excluding hydrogens is 470 g/mol. The van der Waals surface area contributed by atoms with Crippen molar-refractivity contribution in [3.8, 4) is 0 Å². The van der Waals surface area contributed by atoms with E-state index in [4.69, 9.17) is 27.9 Å². The number of hydrogen-bond acceptors (Lipinski definition) is 5. The van der Waals surface area contributed by atoms with E-state index < -0.39 is 34.3 Å². The molecule has 11 heteroatoms. The minimum absolute atomic E-state index is 0.00619. The molecule has 0 aromatic heterocycles. The van der Waals surface area contributed by atoms with Crippen LogP contribution in [-0.2, 0) is 19.6 Å². The second-order valence-corrected chi connectivity index (χ2v) is 9.61. The number of sulfonamides is 1. The number of anilines is 1. The van der Waals surface area contributed by atoms with Crippen LogP contribution in [0.5, 0.6) is 0 Å². The highest BCUT2D eigenvalue weighted by Gasteiger charge is 2.27. The van der Waals surface area contributed by atoms with Gasteiger partial charge in [0.15, 0.2) is 6.61 Å². The summed E-state index contributed by atoms with van der Waals surface area (Å²) in [4.78, 5) is 24.3. The molecule has 31 heavy (non-hydrogen) atoms. The quantitative estimate of drug-likeness (QED) is 0.617. The molecule has 2 aromatic rings. The summed E-state index contributed by atoms with van der Waals surface area (Å²) in [6, 6.07) is 7.36. The van der Waals surface area contributed by atoms with Gasteiger partial charge >= 0.3 is 5.97 Å². The first-order valence-corrected chi connectivity index (χ1v) is 11.6. The number of halogens is 3. The molecule has 0 atom stereocenters. The molecule has 1 N–H and O–H groups in total. The summed E-state index contributed by atoms with van der Waals surface area (Å²) in [6.45, 7) is 0.171. The van der Waals surface area contributed by atoms with Gasteiger partial charge in [-0.05, 0) is 49.2 Å². The fourth-order valence-corrected chi connectivity index (χ4v) is 4.97. The zero-order valence-corrected chi connectivity index (χ0v) is 18.6. The zero-order chi connectivity index (χ0) is 22.6. The van der Waals surface area contributed by atoms with E-state index in [1.807, 2.05) is 0 Å². The van der Waals surface area contributed by atoms with Crippen molar-refractivity contribution in [2.24, 2.45) is 0 Å². The smallest absolute Gasteiger partial charge is 0.340 e. The highest BCUT2D eigenvalue weighted by atomic mass is 35.5. The zero-order valence-electron chi connectivity index (χ0n) is 16.2. The van der Waals surface area contributed by atoms with Crippen LogP contribution in [0.3, 0.4) is 0 Å². The summed E-state index contributed by atoms with van der Waals surface area (Å²) in [7, 11) is -3.77. The van der Waals surface area contributed by atoms with Crippen molar-refractivity contribution in [2.45, 2.75) is 24.2 Å². The SMILES string of the molecule is O=C(COC(=O)c1cc(S(=O)(=O)N2CCCCC2)ccc1Cl)Nc1ccc(F)c(Cl)c1. The van der Waals surface area contributed by atoms with Crippen LogP contribution in [0.25, 0.3) is 0 Å². The normalized spacial score (nSPS) is 14.8. The van der Waals surface area contributed by atoms with Crippen LogP contribution >= 0.6 is 23.2 Å². The van der Waals surface area contributed by atoms with Gasteiger partial charge in [-0.3, -0.25) is 4.79 Å². The van der Waals surface area contributed by atoms with E-state index in [1.165, 1.54) is 28.6 Å². The number of piperidine rings is 1. The van der Waals surface area contributed by atoms with Gasteiger partial charge in [0.25, 0.3) is 5.91 Å². The molecular formula is C20H19Cl2FN2O5S. The number of nitrogens with zero attached hydrogens (tertiary/aromatic N) is 1. The van der Waals surface area contributed by atoms with Crippen LogP contribution < -0.4 is 5.32 Å². The molecule has 1 heterocycles. The number of ether oxygens (including phenoxy) is 1. The summed E-state index contributed by atoms with van der Waals surface area (Å²) in [5, 5.41) is 2.23. The molecule has 1 aliphatic rings. The van der Waals surface area contributed by atoms with Crippen molar-refractivity contribution in [1.29, 1.82) is 0 Å². The van der Waals surface area contributed by atoms with Crippen molar-refractivity contribution in [3.05, 3.63) is 57.8 Å². The highest BCUT2D eigenvalue weighted by molar-refractivity contribution is 7.89. The number of amides is 1. The Morgan fingerprint density at radius 1 is 1.03 bits per heavy atom. The molecule has 0 radical (unpaired) electrons. The van der Waals surface area contributed by atoms with Crippen molar-refractivity contribution < 1.29 is 27.1 Å². The summed E-state index contributed by atoms with van der Waals surface area (Å²) in [6.07, 6.45) is 2.52. The Morgan fingerprint density at radius 2 is 1.74 bits per heavy atom. The first-order valence-electron chi connectivity index (χ1n) is 9.40. The minimum Gasteiger partial charge on any atom is -0.452 e. The molecule has 0 saturated carbocycles. The number of carbonyl (C=O) groups excluding carboxylic acids is 2. The van der Waals surface area contributed by atoms with E-state index in [0.717, 1.165) is 31.4 Å². The maximum absolute atomic E-state index is 13.2. The fourth-order valence-electron chi connectivity index (χ4n) is 3.06. The predicted molar refractivity (Wildman–Crippen MR) is 114 cm³/mol. The third-order valence-corrected chi connectivity index (χ3v) is 7.16. The topological polar surface area (TPSA) is 92.8 Å². The van der Waals surface area contributed by atoms with Crippen molar-refractivity contribution >= 4 is 50.8 Å². The van der Waals surface area contributed by atoms with E-state index >= 15 is 0 Å². The van der Waals surface area contributed by atoms with Crippen molar-refractivity contribution in [2.75, 3.05) is 25.0 Å². The Balaban J connectivity index is 1.67. The van der Waals surface area contributed by atoms with Crippen LogP contribution in [0.4, 0.5) is 10.1 Å². The molecule has 0 bridgehead atoms. The maximum atomic E-state index is 13.2. The molecule has 1 aliphatic heterocycles. The van der Waals surface area contributed by atoms with Gasteiger partial charge in [0.2, 0.25) is 10.0 Å². The lowest BCUT2D eigenvalue weighted by molar-refractivity contribution is -0.119. The number of esters is 1. The van der Waals surface area contributed by atoms with Gasteiger partial charge in [-0.2, -0.15) is 4.31 Å². The van der Waals surface area contributed by atoms with Crippen LogP contribution in [0.2, 0.25) is 10.0 Å². The predicted octanol–water partition coefficient (Wildman–Crippen LogP) is 4.10. The summed E-state index contributed by atoms with van der Waals surface area (Å²) < 4.78 is 45.2. The first-order chi connectivity index (χ1) is 14.7. The van der Waals surface area contributed by atoms with Gasteiger partial charge in [-0.15, -0.1) is 0 Å². The lowest BCUT2D eigenvalue weighted by Gasteiger charge is -2.26. The second kappa shape index (κ2) is 9.95. The Hall–Kier alpha value is -2.20. The van der Waals surface area contributed by atoms with Crippen molar-refractivity contribution in [1.82, 2.24) is 4.31 Å². The molecule has 0 unspecified atom stereocenters. The molecule has 3 rings (SSSR count). The Morgan fingerprint density at radius 3 is 2.42 bits per heavy atom. The summed E-state index contributed by atoms with van der Waals surface area (Å²) >= 11 is 11.7. The van der Waals surface area contributed by atoms with E-state index in [2.05, 4.69) is 5.32 Å². The van der Waals surface area contributed by atoms with Gasteiger partial charge in [0.1, 0.15) is 5.82 Å². The number of rotatable bonds is 6. The van der Waals surface area contributed by atoms with Gasteiger partial charge in [0.05, 0.1) is 20.5 Å². The molecule has 1 fully saturated rings. The second-order valence-electron chi connectivity index (χ2n) is 6.86. The molecule has 0 spiro atoms. The monoisotopic (exact) mass is 488 g/mol. The standard InChI is InChI=1S/C20H19Cl2FN2O5S/c21-16-6-5-14(31(28,29)25-8-2-1-3-9-25)11-15(16)20(27)30-12-19(26)24-13-4-7-18(23)17(22)10-13/h4-7,10-11H,1-3,8-9,12H2,(H,24,26). The molecule has 2 aromatic carbocycles. The van der Waals surface area contributed by atoms with Gasteiger partial charge in [-0.1, -0.05) is 29.6 Å². The average molecular weight is 489 g/mol. The molecule has 1 amide bonds. The number of carbonyl (C=O) groups is 2. The third kappa shape index (κ3) is 5.74. The summed E-state index contributed by atoms with van der Waals surface area (Å²) in [5.74, 6) is -2.28. The summed E-state index contributed by atoms with van der Waals surface area (Å²) in [5.41, 5.74) is 0.0532. The number of benzene rings is 2. The van der Waals surface area contributed by atoms with Crippen LogP contribution in [0, 0.1) is 5.82 Å². The number of hydrogen-bond donors (Lipinski definition) is 1. The van der Waals surface area contributed by atoms with Crippen LogP contribution in [0.1, 0.15) is 29.6 Å². The fraction of sp³-hybridized carbons (Fsp3) is 0.300. The van der Waals surface area contributed by atoms with E-state index in [0.29, 0.717) is 13.1 Å². The molecule has 166 valence electrons. The van der Waals surface area contributed by atoms with Crippen LogP contribution in [0.15, 0.2) is 41.3 Å². The van der Waals surface area contributed by atoms with E-state index in [9.17, 15) is 22.4 Å². The van der Waals surface area contributed by atoms with Crippen LogP contribution in [-0.4, -0.2) is 44.3 Å². The van der Waals surface area contributed by atoms with Gasteiger partial charge in [0, 0.05) is 18.8 Å². The highest BCUT2D eigenvalue weighted by Crippen LogP contribution is 2.26. The molecule has 7 nitrogen and oxygen atoms in total. The maximum Gasteiger partial charge on any atom is 0.340 e. The third-order valence-electron chi connectivity index (χ3n) is 4.65. The average Bonchev–Trinajstić information content (AvgIpc) is 2.75. The van der Waals surface area contributed by atoms with Crippen molar-refractivity contribution in [3.63, 3.8) is 0 Å². The van der Waals surface area contributed by atoms with Gasteiger partial charge in [-0.25, -0.2) is 17.6 Å². The largest absolute Gasteiger partial charge is 0.452 e. The van der Waals surface area contributed by atoms with Gasteiger partial charge < -0.3 is 10.1 Å². The van der Waals surface area contributed by atoms with E-state index in [1.54, 1.807) is 0 Å². The Bertz CT molecular complexity index is 1100. The van der Waals surface area contributed by atoms with E-state index in [-0.39, 0.29) is 26.2 Å². The Kier molecular flexibility index (Phi) is 7.53. The lowest BCUT2D eigenvalue weighted by Crippen LogP contribution is -2.35. The molecule has 1 saturated heterocycles. The number of nitrogens with one attached hydrogen (secondary N) is 1. The Labute approximate surface area is 189 Å².